The molecule has 0 bridgehead atoms. The van der Waals surface area contributed by atoms with Crippen molar-refractivity contribution < 1.29 is 23.5 Å². The van der Waals surface area contributed by atoms with Crippen LogP contribution in [-0.4, -0.2) is 25.3 Å². The summed E-state index contributed by atoms with van der Waals surface area (Å²) in [5.41, 5.74) is 4.56. The van der Waals surface area contributed by atoms with Crippen LogP contribution >= 0.6 is 0 Å². The number of carbonyl (C=O) groups is 1. The number of hydrogen-bond acceptors (Lipinski definition) is 6. The molecule has 0 aliphatic rings. The van der Waals surface area contributed by atoms with E-state index in [1.807, 2.05) is 57.2 Å². The average Bonchev–Trinajstić information content (AvgIpc) is 3.12. The Morgan fingerprint density at radius 3 is 2.50 bits per heavy atom. The molecule has 0 fully saturated rings. The molecule has 2 aromatic carbocycles. The second-order valence-electron chi connectivity index (χ2n) is 7.36. The number of rotatable bonds is 9. The van der Waals surface area contributed by atoms with Gasteiger partial charge < -0.3 is 24.1 Å². The third kappa shape index (κ3) is 5.69. The van der Waals surface area contributed by atoms with Gasteiger partial charge in [-0.15, -0.1) is 0 Å². The topological polar surface area (TPSA) is 82.8 Å². The summed E-state index contributed by atoms with van der Waals surface area (Å²) >= 11 is 0. The van der Waals surface area contributed by atoms with E-state index < -0.39 is 0 Å². The largest absolute Gasteiger partial charge is 0.496 e. The highest BCUT2D eigenvalue weighted by molar-refractivity contribution is 5.91. The Morgan fingerprint density at radius 1 is 1.03 bits per heavy atom. The fraction of sp³-hybridized carbons (Fsp3) is 0.280. The Balaban J connectivity index is 1.59. The molecule has 0 saturated heterocycles. The lowest BCUT2D eigenvalue weighted by Gasteiger charge is -2.11. The highest BCUT2D eigenvalue weighted by atomic mass is 16.5. The van der Waals surface area contributed by atoms with Crippen molar-refractivity contribution in [3.8, 4) is 17.2 Å². The summed E-state index contributed by atoms with van der Waals surface area (Å²) in [4.78, 5) is 12.2. The maximum absolute atomic E-state index is 12.2. The van der Waals surface area contributed by atoms with E-state index in [1.165, 1.54) is 6.08 Å². The molecular formula is C25H28N2O5. The van der Waals surface area contributed by atoms with Crippen LogP contribution in [0.5, 0.6) is 17.2 Å². The van der Waals surface area contributed by atoms with Gasteiger partial charge in [0.05, 0.1) is 25.5 Å². The summed E-state index contributed by atoms with van der Waals surface area (Å²) in [6.45, 7) is 6.45. The van der Waals surface area contributed by atoms with Gasteiger partial charge in [0.25, 0.3) is 0 Å². The van der Waals surface area contributed by atoms with E-state index in [2.05, 4.69) is 10.5 Å². The van der Waals surface area contributed by atoms with Crippen LogP contribution in [0.3, 0.4) is 0 Å². The Morgan fingerprint density at radius 2 is 1.81 bits per heavy atom. The van der Waals surface area contributed by atoms with Gasteiger partial charge in [-0.25, -0.2) is 0 Å². The van der Waals surface area contributed by atoms with Crippen molar-refractivity contribution in [1.82, 2.24) is 10.5 Å². The van der Waals surface area contributed by atoms with Crippen molar-refractivity contribution in [1.29, 1.82) is 0 Å². The Bertz CT molecular complexity index is 1100. The number of ether oxygens (including phenoxy) is 3. The predicted molar refractivity (Wildman–Crippen MR) is 122 cm³/mol. The monoisotopic (exact) mass is 436 g/mol. The first-order valence-electron chi connectivity index (χ1n) is 10.2. The maximum atomic E-state index is 12.2. The van der Waals surface area contributed by atoms with Gasteiger partial charge in [-0.1, -0.05) is 23.4 Å². The van der Waals surface area contributed by atoms with Crippen molar-refractivity contribution in [2.24, 2.45) is 0 Å². The van der Waals surface area contributed by atoms with Crippen molar-refractivity contribution >= 4 is 12.0 Å². The van der Waals surface area contributed by atoms with Crippen LogP contribution in [0, 0.1) is 20.8 Å². The zero-order valence-corrected chi connectivity index (χ0v) is 19.0. The number of nitrogens with zero attached hydrogens (tertiary/aromatic N) is 1. The van der Waals surface area contributed by atoms with Gasteiger partial charge in [-0.2, -0.15) is 0 Å². The first kappa shape index (κ1) is 22.9. The minimum Gasteiger partial charge on any atom is -0.496 e. The van der Waals surface area contributed by atoms with E-state index in [9.17, 15) is 4.79 Å². The summed E-state index contributed by atoms with van der Waals surface area (Å²) in [6, 6.07) is 11.3. The molecule has 1 N–H and O–H groups in total. The van der Waals surface area contributed by atoms with Gasteiger partial charge in [0.1, 0.15) is 18.1 Å². The quantitative estimate of drug-likeness (QED) is 0.497. The number of hydrogen-bond donors (Lipinski definition) is 1. The van der Waals surface area contributed by atoms with Gasteiger partial charge in [-0.3, -0.25) is 4.79 Å². The highest BCUT2D eigenvalue weighted by Crippen LogP contribution is 2.30. The molecule has 0 atom stereocenters. The molecule has 0 aliphatic carbocycles. The highest BCUT2D eigenvalue weighted by Gasteiger charge is 2.12. The summed E-state index contributed by atoms with van der Waals surface area (Å²) in [5.74, 6) is 2.52. The molecular weight excluding hydrogens is 408 g/mol. The Labute approximate surface area is 188 Å². The van der Waals surface area contributed by atoms with E-state index in [4.69, 9.17) is 18.7 Å². The minimum atomic E-state index is -0.192. The maximum Gasteiger partial charge on any atom is 0.244 e. The number of amides is 1. The summed E-state index contributed by atoms with van der Waals surface area (Å²) in [5, 5.41) is 6.81. The molecule has 7 heteroatoms. The number of methoxy groups -OCH3 is 2. The van der Waals surface area contributed by atoms with Crippen molar-refractivity contribution in [3.63, 3.8) is 0 Å². The molecule has 3 rings (SSSR count). The van der Waals surface area contributed by atoms with Crippen LogP contribution < -0.4 is 19.5 Å². The molecule has 0 saturated carbocycles. The third-order valence-electron chi connectivity index (χ3n) is 5.11. The van der Waals surface area contributed by atoms with Gasteiger partial charge in [-0.05, 0) is 61.7 Å². The number of nitrogens with one attached hydrogen (secondary N) is 1. The van der Waals surface area contributed by atoms with Crippen molar-refractivity contribution in [3.05, 3.63) is 76.2 Å². The molecule has 3 aromatic rings. The van der Waals surface area contributed by atoms with Crippen molar-refractivity contribution in [2.75, 3.05) is 14.2 Å². The SMILES string of the molecule is COc1cc(CNC(=O)C=Cc2ccc(OCc3c(C)noc3C)c(OC)c2)ccc1C. The lowest BCUT2D eigenvalue weighted by atomic mass is 10.1. The van der Waals surface area contributed by atoms with Crippen molar-refractivity contribution in [2.45, 2.75) is 33.9 Å². The molecule has 1 amide bonds. The van der Waals surface area contributed by atoms with Gasteiger partial charge in [0.15, 0.2) is 11.5 Å². The first-order valence-corrected chi connectivity index (χ1v) is 10.2. The third-order valence-corrected chi connectivity index (χ3v) is 5.11. The van der Waals surface area contributed by atoms with Gasteiger partial charge in [0, 0.05) is 12.6 Å². The first-order chi connectivity index (χ1) is 15.4. The summed E-state index contributed by atoms with van der Waals surface area (Å²) in [6.07, 6.45) is 3.22. The molecule has 0 aliphatic heterocycles. The fourth-order valence-electron chi connectivity index (χ4n) is 3.16. The van der Waals surface area contributed by atoms with Crippen LogP contribution in [0.2, 0.25) is 0 Å². The molecule has 32 heavy (non-hydrogen) atoms. The smallest absolute Gasteiger partial charge is 0.244 e. The van der Waals surface area contributed by atoms with E-state index in [-0.39, 0.29) is 5.91 Å². The van der Waals surface area contributed by atoms with Gasteiger partial charge >= 0.3 is 0 Å². The lowest BCUT2D eigenvalue weighted by molar-refractivity contribution is -0.116. The van der Waals surface area contributed by atoms with E-state index in [1.54, 1.807) is 20.3 Å². The second kappa shape index (κ2) is 10.5. The Kier molecular flexibility index (Phi) is 7.54. The Hall–Kier alpha value is -3.74. The zero-order chi connectivity index (χ0) is 23.1. The van der Waals surface area contributed by atoms with Crippen LogP contribution in [-0.2, 0) is 17.9 Å². The normalized spacial score (nSPS) is 10.9. The van der Waals surface area contributed by atoms with Crippen LogP contribution in [0.4, 0.5) is 0 Å². The predicted octanol–water partition coefficient (Wildman–Crippen LogP) is 4.53. The summed E-state index contributed by atoms with van der Waals surface area (Å²) in [7, 11) is 3.21. The second-order valence-corrected chi connectivity index (χ2v) is 7.36. The minimum absolute atomic E-state index is 0.192. The molecule has 168 valence electrons. The number of carbonyl (C=O) groups excluding carboxylic acids is 1. The van der Waals surface area contributed by atoms with E-state index >= 15 is 0 Å². The molecule has 0 radical (unpaired) electrons. The average molecular weight is 437 g/mol. The van der Waals surface area contributed by atoms with Crippen LogP contribution in [0.1, 0.15) is 33.7 Å². The molecule has 0 unspecified atom stereocenters. The summed E-state index contributed by atoms with van der Waals surface area (Å²) < 4.78 is 21.8. The molecule has 0 spiro atoms. The lowest BCUT2D eigenvalue weighted by Crippen LogP contribution is -2.20. The molecule has 1 aromatic heterocycles. The number of aromatic nitrogens is 1. The van der Waals surface area contributed by atoms with Crippen LogP contribution in [0.15, 0.2) is 47.0 Å². The molecule has 7 nitrogen and oxygen atoms in total. The van der Waals surface area contributed by atoms with E-state index in [0.717, 1.165) is 39.5 Å². The zero-order valence-electron chi connectivity index (χ0n) is 19.0. The van der Waals surface area contributed by atoms with E-state index in [0.29, 0.717) is 24.7 Å². The molecule has 1 heterocycles. The van der Waals surface area contributed by atoms with Crippen LogP contribution in [0.25, 0.3) is 6.08 Å². The fourth-order valence-corrected chi connectivity index (χ4v) is 3.16. The number of benzene rings is 2. The van der Waals surface area contributed by atoms with Gasteiger partial charge in [0.2, 0.25) is 5.91 Å². The standard InChI is InChI=1S/C25H28N2O5/c1-16-6-7-20(13-23(16)29-4)14-26-25(28)11-9-19-8-10-22(24(12-19)30-5)31-15-21-17(2)27-32-18(21)3/h6-13H,14-15H2,1-5H3,(H,26,28). The number of aryl methyl sites for hydroxylation is 3.